The molecule has 4 heteroatoms. The zero-order valence-electron chi connectivity index (χ0n) is 9.37. The second-order valence-electron chi connectivity index (χ2n) is 3.64. The molecule has 0 bridgehead atoms. The molecule has 0 atom stereocenters. The fraction of sp³-hybridized carbons (Fsp3) is 0.0769. The Hall–Kier alpha value is -2.36. The summed E-state index contributed by atoms with van der Waals surface area (Å²) in [7, 11) is 1.62. The van der Waals surface area contributed by atoms with Gasteiger partial charge >= 0.3 is 0 Å². The second kappa shape index (κ2) is 3.90. The first-order chi connectivity index (χ1) is 8.40. The Morgan fingerprint density at radius 1 is 1.06 bits per heavy atom. The van der Waals surface area contributed by atoms with Gasteiger partial charge in [0.05, 0.1) is 18.1 Å². The van der Waals surface area contributed by atoms with Crippen molar-refractivity contribution >= 4 is 11.0 Å². The van der Waals surface area contributed by atoms with Crippen molar-refractivity contribution in [3.05, 3.63) is 48.9 Å². The van der Waals surface area contributed by atoms with Gasteiger partial charge in [-0.3, -0.25) is 4.57 Å². The van der Waals surface area contributed by atoms with Gasteiger partial charge in [-0.15, -0.1) is 0 Å². The Bertz CT molecular complexity index is 660. The van der Waals surface area contributed by atoms with Crippen molar-refractivity contribution in [2.24, 2.45) is 0 Å². The molecular weight excluding hydrogens is 214 g/mol. The van der Waals surface area contributed by atoms with E-state index in [2.05, 4.69) is 9.97 Å². The molecule has 1 aromatic carbocycles. The topological polar surface area (TPSA) is 39.9 Å². The highest BCUT2D eigenvalue weighted by molar-refractivity contribution is 5.77. The molecule has 0 aliphatic heterocycles. The number of pyridine rings is 1. The van der Waals surface area contributed by atoms with Crippen molar-refractivity contribution in [3.8, 4) is 11.6 Å². The van der Waals surface area contributed by atoms with Gasteiger partial charge in [-0.25, -0.2) is 9.97 Å². The summed E-state index contributed by atoms with van der Waals surface area (Å²) in [6, 6.07) is 11.8. The summed E-state index contributed by atoms with van der Waals surface area (Å²) >= 11 is 0. The van der Waals surface area contributed by atoms with Gasteiger partial charge in [0.15, 0.2) is 0 Å². The molecule has 0 aliphatic rings. The smallest absolute Gasteiger partial charge is 0.238 e. The monoisotopic (exact) mass is 225 g/mol. The lowest BCUT2D eigenvalue weighted by Crippen LogP contribution is -1.98. The van der Waals surface area contributed by atoms with Crippen LogP contribution in [0.3, 0.4) is 0 Å². The molecule has 0 saturated carbocycles. The zero-order valence-corrected chi connectivity index (χ0v) is 9.37. The second-order valence-corrected chi connectivity index (χ2v) is 3.64. The van der Waals surface area contributed by atoms with Crippen LogP contribution in [0.15, 0.2) is 48.9 Å². The Balaban J connectivity index is 2.27. The molecule has 3 aromatic rings. The van der Waals surface area contributed by atoms with E-state index in [0.29, 0.717) is 5.88 Å². The molecule has 0 amide bonds. The third-order valence-electron chi connectivity index (χ3n) is 2.66. The molecule has 0 N–H and O–H groups in total. The quantitative estimate of drug-likeness (QED) is 0.672. The van der Waals surface area contributed by atoms with Gasteiger partial charge in [0.25, 0.3) is 0 Å². The van der Waals surface area contributed by atoms with E-state index in [1.54, 1.807) is 19.6 Å². The third kappa shape index (κ3) is 1.54. The van der Waals surface area contributed by atoms with E-state index in [1.807, 2.05) is 41.0 Å². The first-order valence-electron chi connectivity index (χ1n) is 5.31. The Kier molecular flexibility index (Phi) is 2.26. The van der Waals surface area contributed by atoms with Crippen LogP contribution in [0, 0.1) is 0 Å². The maximum atomic E-state index is 5.26. The van der Waals surface area contributed by atoms with Gasteiger partial charge in [-0.05, 0) is 24.3 Å². The van der Waals surface area contributed by atoms with Gasteiger partial charge in [-0.2, -0.15) is 0 Å². The Labute approximate surface area is 98.5 Å². The van der Waals surface area contributed by atoms with Crippen LogP contribution in [0.5, 0.6) is 5.88 Å². The molecule has 4 nitrogen and oxygen atoms in total. The van der Waals surface area contributed by atoms with Crippen LogP contribution in [-0.4, -0.2) is 21.6 Å². The van der Waals surface area contributed by atoms with Crippen LogP contribution >= 0.6 is 0 Å². The molecule has 0 fully saturated rings. The van der Waals surface area contributed by atoms with Gasteiger partial charge in [0.1, 0.15) is 12.0 Å². The van der Waals surface area contributed by atoms with Gasteiger partial charge in [-0.1, -0.05) is 12.1 Å². The number of rotatable bonds is 2. The molecule has 17 heavy (non-hydrogen) atoms. The summed E-state index contributed by atoms with van der Waals surface area (Å²) in [6.45, 7) is 0. The maximum absolute atomic E-state index is 5.26. The lowest BCUT2D eigenvalue weighted by atomic mass is 10.3. The average Bonchev–Trinajstić information content (AvgIpc) is 2.82. The fourth-order valence-corrected chi connectivity index (χ4v) is 1.87. The van der Waals surface area contributed by atoms with Crippen molar-refractivity contribution < 1.29 is 4.74 Å². The minimum absolute atomic E-state index is 0.593. The van der Waals surface area contributed by atoms with E-state index in [1.165, 1.54) is 0 Å². The first-order valence-corrected chi connectivity index (χ1v) is 5.31. The van der Waals surface area contributed by atoms with E-state index in [0.717, 1.165) is 16.7 Å². The van der Waals surface area contributed by atoms with E-state index in [4.69, 9.17) is 4.74 Å². The van der Waals surface area contributed by atoms with Crippen molar-refractivity contribution in [2.45, 2.75) is 0 Å². The van der Waals surface area contributed by atoms with Crippen molar-refractivity contribution in [1.82, 2.24) is 14.5 Å². The number of hydrogen-bond acceptors (Lipinski definition) is 3. The van der Waals surface area contributed by atoms with Crippen LogP contribution < -0.4 is 4.74 Å². The number of aromatic nitrogens is 3. The van der Waals surface area contributed by atoms with Crippen LogP contribution in [0.4, 0.5) is 0 Å². The zero-order chi connectivity index (χ0) is 11.7. The SMILES string of the molecule is COc1ncccc1-n1cnc2ccccc21. The number of benzene rings is 1. The molecule has 0 spiro atoms. The average molecular weight is 225 g/mol. The molecule has 3 rings (SSSR count). The lowest BCUT2D eigenvalue weighted by Gasteiger charge is -2.08. The van der Waals surface area contributed by atoms with Crippen LogP contribution in [0.1, 0.15) is 0 Å². The Morgan fingerprint density at radius 2 is 1.94 bits per heavy atom. The number of imidazole rings is 1. The van der Waals surface area contributed by atoms with Crippen LogP contribution in [-0.2, 0) is 0 Å². The maximum Gasteiger partial charge on any atom is 0.238 e. The van der Waals surface area contributed by atoms with Crippen LogP contribution in [0.25, 0.3) is 16.7 Å². The molecule has 84 valence electrons. The number of methoxy groups -OCH3 is 1. The highest BCUT2D eigenvalue weighted by atomic mass is 16.5. The van der Waals surface area contributed by atoms with Gasteiger partial charge < -0.3 is 4.74 Å². The number of fused-ring (bicyclic) bond motifs is 1. The highest BCUT2D eigenvalue weighted by Crippen LogP contribution is 2.23. The minimum atomic E-state index is 0.593. The Morgan fingerprint density at radius 3 is 2.82 bits per heavy atom. The summed E-state index contributed by atoms with van der Waals surface area (Å²) in [5, 5.41) is 0. The summed E-state index contributed by atoms with van der Waals surface area (Å²) in [5.41, 5.74) is 2.89. The lowest BCUT2D eigenvalue weighted by molar-refractivity contribution is 0.396. The van der Waals surface area contributed by atoms with Gasteiger partial charge in [0.2, 0.25) is 5.88 Å². The van der Waals surface area contributed by atoms with E-state index in [-0.39, 0.29) is 0 Å². The summed E-state index contributed by atoms with van der Waals surface area (Å²) < 4.78 is 7.23. The normalized spacial score (nSPS) is 10.6. The van der Waals surface area contributed by atoms with E-state index in [9.17, 15) is 0 Å². The molecule has 0 radical (unpaired) electrons. The summed E-state index contributed by atoms with van der Waals surface area (Å²) in [5.74, 6) is 0.593. The molecule has 0 saturated heterocycles. The third-order valence-corrected chi connectivity index (χ3v) is 2.66. The number of ether oxygens (including phenoxy) is 1. The van der Waals surface area contributed by atoms with Crippen molar-refractivity contribution in [3.63, 3.8) is 0 Å². The minimum Gasteiger partial charge on any atom is -0.480 e. The number of hydrogen-bond donors (Lipinski definition) is 0. The fourth-order valence-electron chi connectivity index (χ4n) is 1.87. The van der Waals surface area contributed by atoms with Crippen molar-refractivity contribution in [1.29, 1.82) is 0 Å². The standard InChI is InChI=1S/C13H11N3O/c1-17-13-12(7-4-8-14-13)16-9-15-10-5-2-3-6-11(10)16/h2-9H,1H3. The summed E-state index contributed by atoms with van der Waals surface area (Å²) in [4.78, 5) is 8.54. The predicted molar refractivity (Wildman–Crippen MR) is 65.4 cm³/mol. The van der Waals surface area contributed by atoms with Crippen LogP contribution in [0.2, 0.25) is 0 Å². The molecular formula is C13H11N3O. The number of nitrogens with zero attached hydrogens (tertiary/aromatic N) is 3. The van der Waals surface area contributed by atoms with Crippen molar-refractivity contribution in [2.75, 3.05) is 7.11 Å². The van der Waals surface area contributed by atoms with E-state index < -0.39 is 0 Å². The first kappa shape index (κ1) is 9.84. The van der Waals surface area contributed by atoms with Gasteiger partial charge in [0, 0.05) is 6.20 Å². The molecule has 2 heterocycles. The molecule has 0 aliphatic carbocycles. The highest BCUT2D eigenvalue weighted by Gasteiger charge is 2.08. The molecule has 0 unspecified atom stereocenters. The number of para-hydroxylation sites is 2. The predicted octanol–water partition coefficient (Wildman–Crippen LogP) is 2.43. The van der Waals surface area contributed by atoms with E-state index >= 15 is 0 Å². The molecule has 2 aromatic heterocycles. The summed E-state index contributed by atoms with van der Waals surface area (Å²) in [6.07, 6.45) is 3.49. The largest absolute Gasteiger partial charge is 0.480 e.